The maximum absolute atomic E-state index is 11.8. The molecule has 0 aromatic rings. The predicted octanol–water partition coefficient (Wildman–Crippen LogP) is 1.50. The number of nitrogens with one attached hydrogen (secondary N) is 2. The number of rotatable bonds is 6. The summed E-state index contributed by atoms with van der Waals surface area (Å²) in [7, 11) is 1.50. The van der Waals surface area contributed by atoms with Crippen molar-refractivity contribution in [3.05, 3.63) is 0 Å². The molecule has 0 bridgehead atoms. The van der Waals surface area contributed by atoms with E-state index in [2.05, 4.69) is 10.6 Å². The number of carboxylic acids is 1. The van der Waals surface area contributed by atoms with Crippen LogP contribution in [0.15, 0.2) is 0 Å². The van der Waals surface area contributed by atoms with E-state index in [1.165, 1.54) is 20.0 Å². The summed E-state index contributed by atoms with van der Waals surface area (Å²) in [6, 6.07) is -1.12. The molecule has 19 heavy (non-hydrogen) atoms. The van der Waals surface area contributed by atoms with Crippen LogP contribution in [0.25, 0.3) is 0 Å². The minimum absolute atomic E-state index is 0.166. The Hall–Kier alpha value is -1.30. The number of hydrogen-bond acceptors (Lipinski definition) is 3. The van der Waals surface area contributed by atoms with E-state index in [0.29, 0.717) is 6.61 Å². The fourth-order valence-corrected chi connectivity index (χ4v) is 2.30. The van der Waals surface area contributed by atoms with Crippen LogP contribution in [0.4, 0.5) is 4.79 Å². The lowest BCUT2D eigenvalue weighted by atomic mass is 10.1. The summed E-state index contributed by atoms with van der Waals surface area (Å²) in [5, 5.41) is 14.4. The van der Waals surface area contributed by atoms with E-state index >= 15 is 0 Å². The van der Waals surface area contributed by atoms with Crippen LogP contribution in [-0.4, -0.2) is 42.9 Å². The molecule has 0 saturated heterocycles. The maximum atomic E-state index is 11.8. The third-order valence-corrected chi connectivity index (χ3v) is 3.40. The van der Waals surface area contributed by atoms with Crippen LogP contribution in [-0.2, 0) is 9.53 Å². The Balaban J connectivity index is 2.36. The predicted molar refractivity (Wildman–Crippen MR) is 71.1 cm³/mol. The standard InChI is InChI=1S/C13H24N2O4/c1-19-9-8-11(12(16)17)15-13(18)14-10-6-4-2-3-5-7-10/h10-11H,2-9H2,1H3,(H,16,17)(H2,14,15,18). The van der Waals surface area contributed by atoms with E-state index in [-0.39, 0.29) is 12.5 Å². The van der Waals surface area contributed by atoms with Crippen LogP contribution < -0.4 is 10.6 Å². The average Bonchev–Trinajstić information content (AvgIpc) is 2.62. The van der Waals surface area contributed by atoms with Crippen molar-refractivity contribution in [1.82, 2.24) is 10.6 Å². The third kappa shape index (κ3) is 6.42. The van der Waals surface area contributed by atoms with Gasteiger partial charge in [0.15, 0.2) is 0 Å². The second-order valence-corrected chi connectivity index (χ2v) is 4.98. The molecule has 6 nitrogen and oxygen atoms in total. The van der Waals surface area contributed by atoms with Gasteiger partial charge in [-0.2, -0.15) is 0 Å². The number of carbonyl (C=O) groups excluding carboxylic acids is 1. The lowest BCUT2D eigenvalue weighted by Gasteiger charge is -2.19. The van der Waals surface area contributed by atoms with E-state index in [9.17, 15) is 9.59 Å². The summed E-state index contributed by atoms with van der Waals surface area (Å²) in [5.74, 6) is -1.03. The Morgan fingerprint density at radius 3 is 2.42 bits per heavy atom. The minimum Gasteiger partial charge on any atom is -0.480 e. The molecular weight excluding hydrogens is 248 g/mol. The van der Waals surface area contributed by atoms with Crippen LogP contribution in [0, 0.1) is 0 Å². The van der Waals surface area contributed by atoms with Crippen molar-refractivity contribution in [2.45, 2.75) is 57.0 Å². The first-order chi connectivity index (χ1) is 9.13. The first kappa shape index (κ1) is 15.8. The second kappa shape index (κ2) is 8.74. The van der Waals surface area contributed by atoms with Gasteiger partial charge in [-0.1, -0.05) is 25.7 Å². The molecule has 110 valence electrons. The Morgan fingerprint density at radius 2 is 1.89 bits per heavy atom. The number of ether oxygens (including phenoxy) is 1. The Kier molecular flexibility index (Phi) is 7.25. The van der Waals surface area contributed by atoms with Crippen molar-refractivity contribution < 1.29 is 19.4 Å². The zero-order valence-electron chi connectivity index (χ0n) is 11.5. The van der Waals surface area contributed by atoms with Crippen molar-refractivity contribution in [2.24, 2.45) is 0 Å². The third-order valence-electron chi connectivity index (χ3n) is 3.40. The smallest absolute Gasteiger partial charge is 0.326 e. The lowest BCUT2D eigenvalue weighted by Crippen LogP contribution is -2.49. The molecule has 0 radical (unpaired) electrons. The van der Waals surface area contributed by atoms with Gasteiger partial charge in [0.2, 0.25) is 0 Å². The van der Waals surface area contributed by atoms with Gasteiger partial charge in [0.1, 0.15) is 6.04 Å². The van der Waals surface area contributed by atoms with Gasteiger partial charge in [0.25, 0.3) is 0 Å². The number of carbonyl (C=O) groups is 2. The van der Waals surface area contributed by atoms with Gasteiger partial charge >= 0.3 is 12.0 Å². The number of methoxy groups -OCH3 is 1. The van der Waals surface area contributed by atoms with Crippen molar-refractivity contribution in [3.63, 3.8) is 0 Å². The van der Waals surface area contributed by atoms with Crippen molar-refractivity contribution >= 4 is 12.0 Å². The number of urea groups is 1. The highest BCUT2D eigenvalue weighted by atomic mass is 16.5. The zero-order valence-corrected chi connectivity index (χ0v) is 11.5. The fraction of sp³-hybridized carbons (Fsp3) is 0.846. The molecule has 1 rings (SSSR count). The highest BCUT2D eigenvalue weighted by Gasteiger charge is 2.21. The Bertz CT molecular complexity index is 288. The molecule has 6 heteroatoms. The van der Waals surface area contributed by atoms with E-state index in [0.717, 1.165) is 25.7 Å². The SMILES string of the molecule is COCCC(NC(=O)NC1CCCCCC1)C(=O)O. The van der Waals surface area contributed by atoms with E-state index in [1.54, 1.807) is 0 Å². The molecule has 1 fully saturated rings. The normalized spacial score (nSPS) is 18.4. The molecule has 0 spiro atoms. The molecule has 1 saturated carbocycles. The number of carboxylic acid groups (broad SMARTS) is 1. The highest BCUT2D eigenvalue weighted by molar-refractivity contribution is 5.82. The molecular formula is C13H24N2O4. The fourth-order valence-electron chi connectivity index (χ4n) is 2.30. The molecule has 3 N–H and O–H groups in total. The van der Waals surface area contributed by atoms with Gasteiger partial charge in [-0.05, 0) is 12.8 Å². The number of amides is 2. The largest absolute Gasteiger partial charge is 0.480 e. The van der Waals surface area contributed by atoms with Gasteiger partial charge in [-0.25, -0.2) is 9.59 Å². The van der Waals surface area contributed by atoms with Gasteiger partial charge in [0, 0.05) is 26.2 Å². The van der Waals surface area contributed by atoms with Crippen LogP contribution in [0.2, 0.25) is 0 Å². The first-order valence-corrected chi connectivity index (χ1v) is 6.92. The molecule has 1 unspecified atom stereocenters. The highest BCUT2D eigenvalue weighted by Crippen LogP contribution is 2.17. The van der Waals surface area contributed by atoms with Crippen LogP contribution in [0.3, 0.4) is 0 Å². The summed E-state index contributed by atoms with van der Waals surface area (Å²) in [6.45, 7) is 0.306. The molecule has 1 aliphatic carbocycles. The maximum Gasteiger partial charge on any atom is 0.326 e. The summed E-state index contributed by atoms with van der Waals surface area (Å²) in [4.78, 5) is 22.8. The lowest BCUT2D eigenvalue weighted by molar-refractivity contribution is -0.139. The van der Waals surface area contributed by atoms with Gasteiger partial charge < -0.3 is 20.5 Å². The monoisotopic (exact) mass is 272 g/mol. The van der Waals surface area contributed by atoms with Crippen molar-refractivity contribution in [2.75, 3.05) is 13.7 Å². The van der Waals surface area contributed by atoms with Crippen LogP contribution in [0.1, 0.15) is 44.9 Å². The molecule has 0 aromatic heterocycles. The first-order valence-electron chi connectivity index (χ1n) is 6.92. The van der Waals surface area contributed by atoms with Crippen LogP contribution in [0.5, 0.6) is 0 Å². The average molecular weight is 272 g/mol. The molecule has 1 atom stereocenters. The van der Waals surface area contributed by atoms with E-state index in [4.69, 9.17) is 9.84 Å². The van der Waals surface area contributed by atoms with E-state index < -0.39 is 18.0 Å². The quantitative estimate of drug-likeness (QED) is 0.639. The Morgan fingerprint density at radius 1 is 1.26 bits per heavy atom. The molecule has 0 aliphatic heterocycles. The summed E-state index contributed by atoms with van der Waals surface area (Å²) in [5.41, 5.74) is 0. The van der Waals surface area contributed by atoms with E-state index in [1.807, 2.05) is 0 Å². The topological polar surface area (TPSA) is 87.7 Å². The number of aliphatic carboxylic acids is 1. The minimum atomic E-state index is -1.03. The molecule has 1 aliphatic rings. The van der Waals surface area contributed by atoms with Crippen molar-refractivity contribution in [3.8, 4) is 0 Å². The zero-order chi connectivity index (χ0) is 14.1. The molecule has 0 aromatic carbocycles. The second-order valence-electron chi connectivity index (χ2n) is 4.98. The summed E-state index contributed by atoms with van der Waals surface area (Å²) < 4.78 is 4.84. The Labute approximate surface area is 113 Å². The van der Waals surface area contributed by atoms with Gasteiger partial charge in [-0.15, -0.1) is 0 Å². The number of hydrogen-bond donors (Lipinski definition) is 3. The van der Waals surface area contributed by atoms with Crippen LogP contribution >= 0.6 is 0 Å². The molecule has 0 heterocycles. The molecule has 2 amide bonds. The van der Waals surface area contributed by atoms with Crippen molar-refractivity contribution in [1.29, 1.82) is 0 Å². The summed E-state index contributed by atoms with van der Waals surface area (Å²) in [6.07, 6.45) is 6.89. The van der Waals surface area contributed by atoms with Gasteiger partial charge in [-0.3, -0.25) is 0 Å². The van der Waals surface area contributed by atoms with Gasteiger partial charge in [0.05, 0.1) is 0 Å². The summed E-state index contributed by atoms with van der Waals surface area (Å²) >= 11 is 0.